The standard InChI is InChI=1S/C13H9NOS.Na/c15-11-7-3-1-5-9(11)13-14-10-6-2-4-8-12(10)16-13;/h1-8,15H;. The Morgan fingerprint density at radius 3 is 2.41 bits per heavy atom. The zero-order chi connectivity index (χ0) is 11.0. The van der Waals surface area contributed by atoms with Gasteiger partial charge < -0.3 is 5.11 Å². The summed E-state index contributed by atoms with van der Waals surface area (Å²) in [6.45, 7) is 0. The molecule has 2 aromatic carbocycles. The molecule has 0 aliphatic rings. The van der Waals surface area contributed by atoms with E-state index in [1.54, 1.807) is 17.4 Å². The predicted octanol–water partition coefficient (Wildman–Crippen LogP) is 3.29. The number of aromatic nitrogens is 1. The number of phenols is 1. The molecule has 0 aliphatic heterocycles. The summed E-state index contributed by atoms with van der Waals surface area (Å²) in [5.74, 6) is 0.279. The first-order valence-corrected chi connectivity index (χ1v) is 5.80. The van der Waals surface area contributed by atoms with E-state index in [4.69, 9.17) is 0 Å². The van der Waals surface area contributed by atoms with Crippen molar-refractivity contribution in [3.8, 4) is 16.3 Å². The van der Waals surface area contributed by atoms with E-state index in [1.165, 1.54) is 0 Å². The molecule has 0 atom stereocenters. The van der Waals surface area contributed by atoms with Crippen LogP contribution in [0.4, 0.5) is 0 Å². The third-order valence-electron chi connectivity index (χ3n) is 2.43. The molecule has 4 heteroatoms. The minimum atomic E-state index is 0. The van der Waals surface area contributed by atoms with Gasteiger partial charge in [-0.25, -0.2) is 4.98 Å². The van der Waals surface area contributed by atoms with E-state index < -0.39 is 0 Å². The number of thiazole rings is 1. The van der Waals surface area contributed by atoms with Crippen LogP contribution in [-0.2, 0) is 0 Å². The number of phenolic OH excluding ortho intramolecular Hbond substituents is 1. The van der Waals surface area contributed by atoms with Gasteiger partial charge in [0.2, 0.25) is 0 Å². The number of para-hydroxylation sites is 2. The molecular weight excluding hydrogens is 241 g/mol. The molecule has 1 N–H and O–H groups in total. The molecule has 1 radical (unpaired) electrons. The number of hydrogen-bond donors (Lipinski definition) is 1. The minimum absolute atomic E-state index is 0. The van der Waals surface area contributed by atoms with E-state index in [0.717, 1.165) is 20.8 Å². The third kappa shape index (κ3) is 2.38. The molecule has 1 heterocycles. The van der Waals surface area contributed by atoms with Gasteiger partial charge in [0.15, 0.2) is 0 Å². The largest absolute Gasteiger partial charge is 0.507 e. The number of hydrogen-bond acceptors (Lipinski definition) is 3. The van der Waals surface area contributed by atoms with Gasteiger partial charge in [-0.05, 0) is 24.3 Å². The maximum Gasteiger partial charge on any atom is 0.128 e. The fraction of sp³-hybridized carbons (Fsp3) is 0. The summed E-state index contributed by atoms with van der Waals surface area (Å²) >= 11 is 1.59. The molecule has 0 aliphatic carbocycles. The normalized spacial score (nSPS) is 10.1. The molecule has 0 bridgehead atoms. The molecule has 0 fully saturated rings. The van der Waals surface area contributed by atoms with Crippen molar-refractivity contribution in [2.75, 3.05) is 0 Å². The van der Waals surface area contributed by atoms with Crippen LogP contribution in [-0.4, -0.2) is 39.6 Å². The van der Waals surface area contributed by atoms with Gasteiger partial charge in [-0.15, -0.1) is 11.3 Å². The second kappa shape index (κ2) is 5.19. The maximum atomic E-state index is 9.76. The third-order valence-corrected chi connectivity index (χ3v) is 3.50. The zero-order valence-electron chi connectivity index (χ0n) is 9.42. The van der Waals surface area contributed by atoms with Gasteiger partial charge in [0, 0.05) is 29.6 Å². The van der Waals surface area contributed by atoms with Gasteiger partial charge in [0.05, 0.1) is 15.8 Å². The summed E-state index contributed by atoms with van der Waals surface area (Å²) in [6, 6.07) is 15.3. The molecule has 0 unspecified atom stereocenters. The molecule has 79 valence electrons. The smallest absolute Gasteiger partial charge is 0.128 e. The van der Waals surface area contributed by atoms with Crippen molar-refractivity contribution in [3.05, 3.63) is 48.5 Å². The monoisotopic (exact) mass is 250 g/mol. The quantitative estimate of drug-likeness (QED) is 0.672. The average Bonchev–Trinajstić information content (AvgIpc) is 2.73. The van der Waals surface area contributed by atoms with Crippen molar-refractivity contribution >= 4 is 51.1 Å². The van der Waals surface area contributed by atoms with Crippen molar-refractivity contribution in [1.29, 1.82) is 0 Å². The number of fused-ring (bicyclic) bond motifs is 1. The Morgan fingerprint density at radius 1 is 0.941 bits per heavy atom. The summed E-state index contributed by atoms with van der Waals surface area (Å²) in [7, 11) is 0. The van der Waals surface area contributed by atoms with Crippen LogP contribution < -0.4 is 0 Å². The molecule has 17 heavy (non-hydrogen) atoms. The number of aromatic hydroxyl groups is 1. The fourth-order valence-corrected chi connectivity index (χ4v) is 2.64. The Balaban J connectivity index is 0.00000108. The Morgan fingerprint density at radius 2 is 1.65 bits per heavy atom. The van der Waals surface area contributed by atoms with E-state index in [2.05, 4.69) is 4.98 Å². The van der Waals surface area contributed by atoms with Crippen molar-refractivity contribution in [2.24, 2.45) is 0 Å². The summed E-state index contributed by atoms with van der Waals surface area (Å²) in [5.41, 5.74) is 1.77. The minimum Gasteiger partial charge on any atom is -0.507 e. The maximum absolute atomic E-state index is 9.76. The molecule has 3 aromatic rings. The molecule has 0 saturated heterocycles. The van der Waals surface area contributed by atoms with Crippen LogP contribution in [0, 0.1) is 0 Å². The van der Waals surface area contributed by atoms with Crippen molar-refractivity contribution in [3.63, 3.8) is 0 Å². The first-order chi connectivity index (χ1) is 7.84. The van der Waals surface area contributed by atoms with Crippen molar-refractivity contribution < 1.29 is 5.11 Å². The second-order valence-corrected chi connectivity index (χ2v) is 4.53. The summed E-state index contributed by atoms with van der Waals surface area (Å²) in [6.07, 6.45) is 0. The van der Waals surface area contributed by atoms with Crippen LogP contribution in [0.5, 0.6) is 5.75 Å². The fourth-order valence-electron chi connectivity index (χ4n) is 1.64. The Bertz CT molecular complexity index is 617. The van der Waals surface area contributed by atoms with Gasteiger partial charge >= 0.3 is 0 Å². The molecular formula is C13H9NNaOS. The predicted molar refractivity (Wildman–Crippen MR) is 72.5 cm³/mol. The Hall–Kier alpha value is -0.870. The van der Waals surface area contributed by atoms with E-state index in [9.17, 15) is 5.11 Å². The first kappa shape index (κ1) is 12.6. The SMILES string of the molecule is Oc1ccccc1-c1nc2ccccc2s1.[Na]. The molecule has 0 spiro atoms. The van der Waals surface area contributed by atoms with Crippen LogP contribution >= 0.6 is 11.3 Å². The average molecular weight is 250 g/mol. The second-order valence-electron chi connectivity index (χ2n) is 3.50. The number of rotatable bonds is 1. The van der Waals surface area contributed by atoms with E-state index in [0.29, 0.717) is 0 Å². The number of nitrogens with zero attached hydrogens (tertiary/aromatic N) is 1. The Labute approximate surface area is 125 Å². The number of benzene rings is 2. The molecule has 2 nitrogen and oxygen atoms in total. The van der Waals surface area contributed by atoms with Crippen molar-refractivity contribution in [2.45, 2.75) is 0 Å². The summed E-state index contributed by atoms with van der Waals surface area (Å²) in [5, 5.41) is 10.6. The van der Waals surface area contributed by atoms with Crippen LogP contribution in [0.15, 0.2) is 48.5 Å². The van der Waals surface area contributed by atoms with E-state index in [-0.39, 0.29) is 35.3 Å². The summed E-state index contributed by atoms with van der Waals surface area (Å²) in [4.78, 5) is 4.50. The Kier molecular flexibility index (Phi) is 3.84. The van der Waals surface area contributed by atoms with Gasteiger partial charge in [0.25, 0.3) is 0 Å². The molecule has 0 amide bonds. The van der Waals surface area contributed by atoms with Crippen LogP contribution in [0.3, 0.4) is 0 Å². The first-order valence-electron chi connectivity index (χ1n) is 4.98. The molecule has 0 saturated carbocycles. The van der Waals surface area contributed by atoms with E-state index >= 15 is 0 Å². The molecule has 1 aromatic heterocycles. The molecule has 3 rings (SSSR count). The topological polar surface area (TPSA) is 33.1 Å². The van der Waals surface area contributed by atoms with Gasteiger partial charge in [0.1, 0.15) is 10.8 Å². The van der Waals surface area contributed by atoms with Crippen LogP contribution in [0.25, 0.3) is 20.8 Å². The van der Waals surface area contributed by atoms with Gasteiger partial charge in [-0.2, -0.15) is 0 Å². The van der Waals surface area contributed by atoms with E-state index in [1.807, 2.05) is 42.5 Å². The van der Waals surface area contributed by atoms with Crippen LogP contribution in [0.1, 0.15) is 0 Å². The van der Waals surface area contributed by atoms with Gasteiger partial charge in [-0.3, -0.25) is 0 Å². The summed E-state index contributed by atoms with van der Waals surface area (Å²) < 4.78 is 1.14. The van der Waals surface area contributed by atoms with Crippen LogP contribution in [0.2, 0.25) is 0 Å². The van der Waals surface area contributed by atoms with Crippen molar-refractivity contribution in [1.82, 2.24) is 4.98 Å². The van der Waals surface area contributed by atoms with Gasteiger partial charge in [-0.1, -0.05) is 24.3 Å². The zero-order valence-corrected chi connectivity index (χ0v) is 12.2.